The Balaban J connectivity index is 0.000000396. The summed E-state index contributed by atoms with van der Waals surface area (Å²) in [7, 11) is 0. The van der Waals surface area contributed by atoms with Crippen molar-refractivity contribution in [3.8, 4) is 10.4 Å². The highest BCUT2D eigenvalue weighted by molar-refractivity contribution is 7.13. The van der Waals surface area contributed by atoms with Gasteiger partial charge >= 0.3 is 0 Å². The Hall–Kier alpha value is -1.08. The van der Waals surface area contributed by atoms with Crippen molar-refractivity contribution in [2.24, 2.45) is 0 Å². The second-order valence-electron chi connectivity index (χ2n) is 2.34. The highest BCUT2D eigenvalue weighted by Crippen LogP contribution is 2.23. The van der Waals surface area contributed by atoms with Crippen LogP contribution in [0.4, 0.5) is 0 Å². The first-order valence-electron chi connectivity index (χ1n) is 4.56. The molecule has 1 heterocycles. The van der Waals surface area contributed by atoms with Crippen molar-refractivity contribution in [3.05, 3.63) is 47.8 Å². The van der Waals surface area contributed by atoms with Gasteiger partial charge in [0.1, 0.15) is 0 Å². The largest absolute Gasteiger partial charge is 0.144 e. The van der Waals surface area contributed by atoms with E-state index < -0.39 is 0 Å². The van der Waals surface area contributed by atoms with Gasteiger partial charge in [-0.2, -0.15) is 0 Å². The van der Waals surface area contributed by atoms with Crippen LogP contribution in [0.3, 0.4) is 0 Å². The third-order valence-electron chi connectivity index (χ3n) is 1.58. The smallest absolute Gasteiger partial charge is 0.0342 e. The van der Waals surface area contributed by atoms with Crippen molar-refractivity contribution in [2.45, 2.75) is 13.8 Å². The fourth-order valence-corrected chi connectivity index (χ4v) is 1.78. The molecular weight excluding hydrogens is 176 g/mol. The van der Waals surface area contributed by atoms with E-state index in [4.69, 9.17) is 0 Å². The molecule has 0 spiro atoms. The second-order valence-corrected chi connectivity index (χ2v) is 3.29. The molecule has 1 aromatic carbocycles. The van der Waals surface area contributed by atoms with Gasteiger partial charge in [0.2, 0.25) is 0 Å². The summed E-state index contributed by atoms with van der Waals surface area (Å²) >= 11 is 1.78. The molecule has 1 aromatic heterocycles. The van der Waals surface area contributed by atoms with Gasteiger partial charge in [0.15, 0.2) is 0 Å². The molecule has 0 amide bonds. The Morgan fingerprint density at radius 3 is 2.08 bits per heavy atom. The number of thiophene rings is 1. The van der Waals surface area contributed by atoms with Gasteiger partial charge in [0.05, 0.1) is 0 Å². The molecule has 0 unspecified atom stereocenters. The molecule has 0 aliphatic heterocycles. The minimum atomic E-state index is 1.31. The number of rotatable bonds is 1. The lowest BCUT2D eigenvalue weighted by Crippen LogP contribution is -1.67. The summed E-state index contributed by atoms with van der Waals surface area (Å²) in [4.78, 5) is 1.34. The molecule has 0 N–H and O–H groups in total. The molecule has 0 fully saturated rings. The van der Waals surface area contributed by atoms with E-state index in [9.17, 15) is 0 Å². The molecule has 0 nitrogen and oxygen atoms in total. The lowest BCUT2D eigenvalue weighted by Gasteiger charge is -1.93. The molecule has 0 saturated carbocycles. The average Bonchev–Trinajstić information content (AvgIpc) is 2.75. The van der Waals surface area contributed by atoms with E-state index >= 15 is 0 Å². The quantitative estimate of drug-likeness (QED) is 0.623. The molecule has 0 saturated heterocycles. The first-order chi connectivity index (χ1) is 6.47. The van der Waals surface area contributed by atoms with Crippen molar-refractivity contribution < 1.29 is 0 Å². The van der Waals surface area contributed by atoms with Gasteiger partial charge in [-0.3, -0.25) is 0 Å². The van der Waals surface area contributed by atoms with E-state index in [2.05, 4.69) is 41.8 Å². The van der Waals surface area contributed by atoms with E-state index in [1.54, 1.807) is 11.3 Å². The Morgan fingerprint density at radius 1 is 0.846 bits per heavy atom. The Labute approximate surface area is 83.9 Å². The Bertz CT molecular complexity index is 308. The zero-order valence-electron chi connectivity index (χ0n) is 8.03. The van der Waals surface area contributed by atoms with Gasteiger partial charge < -0.3 is 0 Å². The predicted molar refractivity (Wildman–Crippen MR) is 61.1 cm³/mol. The summed E-state index contributed by atoms with van der Waals surface area (Å²) in [5.41, 5.74) is 1.31. The van der Waals surface area contributed by atoms with E-state index in [0.29, 0.717) is 0 Å². The second kappa shape index (κ2) is 5.55. The standard InChI is InChI=1S/C10H8S.C2H6/c1-2-5-9(6-3-1)10-7-4-8-11-10;1-2/h1-8H;1-2H3. The van der Waals surface area contributed by atoms with Gasteiger partial charge in [0.25, 0.3) is 0 Å². The van der Waals surface area contributed by atoms with Crippen LogP contribution in [0, 0.1) is 0 Å². The van der Waals surface area contributed by atoms with Crippen molar-refractivity contribution >= 4 is 11.3 Å². The molecule has 68 valence electrons. The maximum absolute atomic E-state index is 2.14. The molecule has 0 bridgehead atoms. The van der Waals surface area contributed by atoms with E-state index in [1.165, 1.54) is 10.4 Å². The van der Waals surface area contributed by atoms with Crippen LogP contribution in [0.1, 0.15) is 13.8 Å². The third kappa shape index (κ3) is 2.71. The van der Waals surface area contributed by atoms with Crippen LogP contribution in [0.5, 0.6) is 0 Å². The van der Waals surface area contributed by atoms with E-state index in [-0.39, 0.29) is 0 Å². The van der Waals surface area contributed by atoms with Crippen molar-refractivity contribution in [2.75, 3.05) is 0 Å². The van der Waals surface area contributed by atoms with Gasteiger partial charge in [-0.1, -0.05) is 50.2 Å². The summed E-state index contributed by atoms with van der Waals surface area (Å²) in [5.74, 6) is 0. The number of hydrogen-bond acceptors (Lipinski definition) is 1. The van der Waals surface area contributed by atoms with Crippen molar-refractivity contribution in [1.29, 1.82) is 0 Å². The highest BCUT2D eigenvalue weighted by Gasteiger charge is 1.93. The maximum atomic E-state index is 2.14. The molecule has 0 atom stereocenters. The SMILES string of the molecule is CC.c1ccc(-c2cccs2)cc1. The molecule has 2 aromatic rings. The predicted octanol–water partition coefficient (Wildman–Crippen LogP) is 4.44. The maximum Gasteiger partial charge on any atom is 0.0342 e. The topological polar surface area (TPSA) is 0 Å². The molecule has 0 aliphatic carbocycles. The summed E-state index contributed by atoms with van der Waals surface area (Å²) in [6.07, 6.45) is 0. The number of hydrogen-bond donors (Lipinski definition) is 0. The lowest BCUT2D eigenvalue weighted by molar-refractivity contribution is 1.50. The van der Waals surface area contributed by atoms with E-state index in [1.807, 2.05) is 19.9 Å². The van der Waals surface area contributed by atoms with Crippen LogP contribution >= 0.6 is 11.3 Å². The van der Waals surface area contributed by atoms with Crippen LogP contribution < -0.4 is 0 Å². The first kappa shape index (κ1) is 10.0. The Kier molecular flexibility index (Phi) is 4.27. The molecule has 13 heavy (non-hydrogen) atoms. The van der Waals surface area contributed by atoms with Gasteiger partial charge in [0, 0.05) is 4.88 Å². The van der Waals surface area contributed by atoms with Crippen LogP contribution in [0.25, 0.3) is 10.4 Å². The summed E-state index contributed by atoms with van der Waals surface area (Å²) in [5, 5.41) is 2.10. The summed E-state index contributed by atoms with van der Waals surface area (Å²) in [6, 6.07) is 14.6. The van der Waals surface area contributed by atoms with Gasteiger partial charge in [-0.15, -0.1) is 11.3 Å². The minimum Gasteiger partial charge on any atom is -0.144 e. The van der Waals surface area contributed by atoms with Crippen molar-refractivity contribution in [1.82, 2.24) is 0 Å². The fraction of sp³-hybridized carbons (Fsp3) is 0.167. The molecule has 0 radical (unpaired) electrons. The third-order valence-corrected chi connectivity index (χ3v) is 2.50. The van der Waals surface area contributed by atoms with E-state index in [0.717, 1.165) is 0 Å². The van der Waals surface area contributed by atoms with Crippen LogP contribution in [-0.4, -0.2) is 0 Å². The molecular formula is C12H14S. The van der Waals surface area contributed by atoms with Gasteiger partial charge in [-0.25, -0.2) is 0 Å². The first-order valence-corrected chi connectivity index (χ1v) is 5.44. The zero-order valence-corrected chi connectivity index (χ0v) is 8.84. The monoisotopic (exact) mass is 190 g/mol. The summed E-state index contributed by atoms with van der Waals surface area (Å²) < 4.78 is 0. The van der Waals surface area contributed by atoms with Crippen molar-refractivity contribution in [3.63, 3.8) is 0 Å². The number of benzene rings is 1. The molecule has 0 aliphatic rings. The van der Waals surface area contributed by atoms with Crippen LogP contribution in [0.2, 0.25) is 0 Å². The molecule has 1 heteroatoms. The highest BCUT2D eigenvalue weighted by atomic mass is 32.1. The summed E-state index contributed by atoms with van der Waals surface area (Å²) in [6.45, 7) is 4.00. The lowest BCUT2D eigenvalue weighted by atomic mass is 10.2. The Morgan fingerprint density at radius 2 is 1.54 bits per heavy atom. The normalized spacial score (nSPS) is 8.77. The van der Waals surface area contributed by atoms with Crippen LogP contribution in [0.15, 0.2) is 47.8 Å². The minimum absolute atomic E-state index is 1.31. The zero-order chi connectivity index (χ0) is 9.52. The molecule has 2 rings (SSSR count). The van der Waals surface area contributed by atoms with Crippen LogP contribution in [-0.2, 0) is 0 Å². The van der Waals surface area contributed by atoms with Gasteiger partial charge in [-0.05, 0) is 17.0 Å². The average molecular weight is 190 g/mol. The fourth-order valence-electron chi connectivity index (χ4n) is 1.05.